The first-order chi connectivity index (χ1) is 8.22. The van der Waals surface area contributed by atoms with E-state index in [2.05, 4.69) is 15.1 Å². The van der Waals surface area contributed by atoms with Crippen LogP contribution in [0.25, 0.3) is 0 Å². The zero-order chi connectivity index (χ0) is 12.3. The van der Waals surface area contributed by atoms with Gasteiger partial charge in [-0.05, 0) is 4.92 Å². The molecule has 2 N–H and O–H groups in total. The number of anilines is 1. The highest BCUT2D eigenvalue weighted by molar-refractivity contribution is 5.58. The molecule has 0 unspecified atom stereocenters. The van der Waals surface area contributed by atoms with E-state index in [1.54, 1.807) is 0 Å². The molecular weight excluding hydrogens is 226 g/mol. The number of hydrogen-bond acceptors (Lipinski definition) is 6. The molecule has 1 saturated heterocycles. The number of piperazine rings is 1. The third kappa shape index (κ3) is 2.53. The largest absolute Gasteiger partial charge is 0.395 e. The van der Waals surface area contributed by atoms with Crippen LogP contribution in [0.5, 0.6) is 0 Å². The van der Waals surface area contributed by atoms with Gasteiger partial charge in [0.1, 0.15) is 6.20 Å². The molecule has 1 fully saturated rings. The van der Waals surface area contributed by atoms with E-state index in [1.807, 2.05) is 4.90 Å². The summed E-state index contributed by atoms with van der Waals surface area (Å²) in [4.78, 5) is 14.4. The molecule has 1 aliphatic rings. The van der Waals surface area contributed by atoms with Gasteiger partial charge in [0.25, 0.3) is 0 Å². The van der Waals surface area contributed by atoms with Gasteiger partial charge in [-0.25, -0.2) is 0 Å². The van der Waals surface area contributed by atoms with Crippen molar-refractivity contribution < 1.29 is 10.0 Å². The maximum atomic E-state index is 10.8. The van der Waals surface area contributed by atoms with Crippen LogP contribution in [0.4, 0.5) is 11.5 Å². The monoisotopic (exact) mass is 241 g/mol. The smallest absolute Gasteiger partial charge is 0.366 e. The van der Waals surface area contributed by atoms with Gasteiger partial charge in [0, 0.05) is 32.7 Å². The second-order valence-corrected chi connectivity index (χ2v) is 3.91. The lowest BCUT2D eigenvalue weighted by atomic mass is 10.3. The Balaban J connectivity index is 2.00. The SMILES string of the molecule is O=[N+]([O-])c1[nH]ncc1N1CCN(CCO)CC1. The molecule has 0 radical (unpaired) electrons. The fourth-order valence-corrected chi connectivity index (χ4v) is 1.99. The minimum atomic E-state index is -0.456. The number of nitrogens with zero attached hydrogens (tertiary/aromatic N) is 4. The summed E-state index contributed by atoms with van der Waals surface area (Å²) in [5.41, 5.74) is 0.540. The van der Waals surface area contributed by atoms with Crippen LogP contribution in [-0.2, 0) is 0 Å². The second-order valence-electron chi connectivity index (χ2n) is 3.91. The predicted molar refractivity (Wildman–Crippen MR) is 61.0 cm³/mol. The van der Waals surface area contributed by atoms with E-state index >= 15 is 0 Å². The van der Waals surface area contributed by atoms with Crippen molar-refractivity contribution in [1.29, 1.82) is 0 Å². The fraction of sp³-hybridized carbons (Fsp3) is 0.667. The number of aromatic nitrogens is 2. The minimum Gasteiger partial charge on any atom is -0.395 e. The third-order valence-corrected chi connectivity index (χ3v) is 2.91. The molecular formula is C9H15N5O3. The standard InChI is InChI=1S/C9H15N5O3/c15-6-5-12-1-3-13(4-2-12)8-7-10-11-9(8)14(16)17/h7,15H,1-6H2,(H,10,11). The van der Waals surface area contributed by atoms with Crippen LogP contribution in [0, 0.1) is 10.1 Å². The molecule has 94 valence electrons. The van der Waals surface area contributed by atoms with Crippen molar-refractivity contribution in [3.05, 3.63) is 16.3 Å². The van der Waals surface area contributed by atoms with Crippen molar-refractivity contribution in [1.82, 2.24) is 15.1 Å². The molecule has 1 aromatic heterocycles. The van der Waals surface area contributed by atoms with Crippen LogP contribution >= 0.6 is 0 Å². The first-order valence-electron chi connectivity index (χ1n) is 5.48. The quantitative estimate of drug-likeness (QED) is 0.541. The summed E-state index contributed by atoms with van der Waals surface area (Å²) in [7, 11) is 0. The number of nitrogens with one attached hydrogen (secondary N) is 1. The van der Waals surface area contributed by atoms with Crippen molar-refractivity contribution in [2.24, 2.45) is 0 Å². The van der Waals surface area contributed by atoms with Crippen molar-refractivity contribution in [2.75, 3.05) is 44.2 Å². The van der Waals surface area contributed by atoms with Crippen molar-refractivity contribution in [2.45, 2.75) is 0 Å². The average molecular weight is 241 g/mol. The molecule has 0 aromatic carbocycles. The lowest BCUT2D eigenvalue weighted by molar-refractivity contribution is -0.388. The van der Waals surface area contributed by atoms with Gasteiger partial charge in [0.15, 0.2) is 5.69 Å². The van der Waals surface area contributed by atoms with Crippen LogP contribution < -0.4 is 4.90 Å². The first kappa shape index (κ1) is 11.8. The summed E-state index contributed by atoms with van der Waals surface area (Å²) in [5, 5.41) is 25.7. The number of hydrogen-bond donors (Lipinski definition) is 2. The Morgan fingerprint density at radius 1 is 1.47 bits per heavy atom. The zero-order valence-corrected chi connectivity index (χ0v) is 9.37. The van der Waals surface area contributed by atoms with Crippen molar-refractivity contribution in [3.8, 4) is 0 Å². The van der Waals surface area contributed by atoms with Gasteiger partial charge < -0.3 is 20.1 Å². The van der Waals surface area contributed by atoms with Gasteiger partial charge >= 0.3 is 5.82 Å². The van der Waals surface area contributed by atoms with Gasteiger partial charge in [-0.1, -0.05) is 5.10 Å². The van der Waals surface area contributed by atoms with E-state index in [0.717, 1.165) is 13.1 Å². The van der Waals surface area contributed by atoms with Crippen molar-refractivity contribution in [3.63, 3.8) is 0 Å². The number of aromatic amines is 1. The van der Waals surface area contributed by atoms with Crippen molar-refractivity contribution >= 4 is 11.5 Å². The van der Waals surface area contributed by atoms with Gasteiger partial charge in [-0.2, -0.15) is 0 Å². The molecule has 8 heteroatoms. The number of β-amino-alcohol motifs (C(OH)–C–C–N with tert-alkyl or cyclic N) is 1. The van der Waals surface area contributed by atoms with Crippen LogP contribution in [0.3, 0.4) is 0 Å². The topological polar surface area (TPSA) is 98.5 Å². The summed E-state index contributed by atoms with van der Waals surface area (Å²) < 4.78 is 0. The molecule has 0 spiro atoms. The van der Waals surface area contributed by atoms with Crippen LogP contribution in [0.15, 0.2) is 6.20 Å². The number of aliphatic hydroxyl groups is 1. The maximum absolute atomic E-state index is 10.8. The molecule has 0 atom stereocenters. The number of aliphatic hydroxyl groups excluding tert-OH is 1. The highest BCUT2D eigenvalue weighted by atomic mass is 16.6. The van der Waals surface area contributed by atoms with E-state index < -0.39 is 4.92 Å². The normalized spacial score (nSPS) is 17.4. The maximum Gasteiger partial charge on any atom is 0.366 e. The summed E-state index contributed by atoms with van der Waals surface area (Å²) in [5.74, 6) is -0.0550. The van der Waals surface area contributed by atoms with E-state index in [9.17, 15) is 10.1 Å². The van der Waals surface area contributed by atoms with E-state index in [-0.39, 0.29) is 12.4 Å². The molecule has 2 rings (SSSR count). The van der Waals surface area contributed by atoms with Gasteiger partial charge in [0.05, 0.1) is 6.61 Å². The van der Waals surface area contributed by atoms with E-state index in [4.69, 9.17) is 5.11 Å². The third-order valence-electron chi connectivity index (χ3n) is 2.91. The Bertz CT molecular complexity index is 386. The van der Waals surface area contributed by atoms with Crippen LogP contribution in [0.2, 0.25) is 0 Å². The summed E-state index contributed by atoms with van der Waals surface area (Å²) in [6, 6.07) is 0. The lowest BCUT2D eigenvalue weighted by Gasteiger charge is -2.34. The van der Waals surface area contributed by atoms with E-state index in [0.29, 0.717) is 25.3 Å². The molecule has 17 heavy (non-hydrogen) atoms. The Morgan fingerprint density at radius 3 is 2.76 bits per heavy atom. The molecule has 0 saturated carbocycles. The van der Waals surface area contributed by atoms with Crippen LogP contribution in [0.1, 0.15) is 0 Å². The van der Waals surface area contributed by atoms with Gasteiger partial charge in [0.2, 0.25) is 0 Å². The summed E-state index contributed by atoms with van der Waals surface area (Å²) in [6.07, 6.45) is 1.49. The second kappa shape index (κ2) is 5.11. The van der Waals surface area contributed by atoms with Gasteiger partial charge in [-0.15, -0.1) is 5.10 Å². The molecule has 1 aliphatic heterocycles. The molecule has 0 amide bonds. The molecule has 2 heterocycles. The highest BCUT2D eigenvalue weighted by Gasteiger charge is 2.24. The van der Waals surface area contributed by atoms with E-state index in [1.165, 1.54) is 6.20 Å². The molecule has 0 aliphatic carbocycles. The molecule has 8 nitrogen and oxygen atoms in total. The molecule has 1 aromatic rings. The fourth-order valence-electron chi connectivity index (χ4n) is 1.99. The molecule has 0 bridgehead atoms. The summed E-state index contributed by atoms with van der Waals surface area (Å²) in [6.45, 7) is 3.81. The average Bonchev–Trinajstić information content (AvgIpc) is 2.79. The predicted octanol–water partition coefficient (Wildman–Crippen LogP) is -0.568. The van der Waals surface area contributed by atoms with Crippen LogP contribution in [-0.4, -0.2) is 64.5 Å². The minimum absolute atomic E-state index is 0.0550. The first-order valence-corrected chi connectivity index (χ1v) is 5.48. The van der Waals surface area contributed by atoms with Gasteiger partial charge in [-0.3, -0.25) is 4.90 Å². The Kier molecular flexibility index (Phi) is 3.55. The Hall–Kier alpha value is -1.67. The number of nitro groups is 1. The number of H-pyrrole nitrogens is 1. The summed E-state index contributed by atoms with van der Waals surface area (Å²) >= 11 is 0. The highest BCUT2D eigenvalue weighted by Crippen LogP contribution is 2.25. The zero-order valence-electron chi connectivity index (χ0n) is 9.37. The lowest BCUT2D eigenvalue weighted by Crippen LogP contribution is -2.47. The Labute approximate surface area is 98.0 Å². The number of rotatable bonds is 4. The Morgan fingerprint density at radius 2 is 2.18 bits per heavy atom.